The predicted molar refractivity (Wildman–Crippen MR) is 60.8 cm³/mol. The molecule has 0 amide bonds. The zero-order valence-electron chi connectivity index (χ0n) is 9.06. The average Bonchev–Trinajstić information content (AvgIpc) is 2.32. The first-order chi connectivity index (χ1) is 7.79. The van der Waals surface area contributed by atoms with Crippen LogP contribution in [0.25, 0.3) is 0 Å². The van der Waals surface area contributed by atoms with Crippen LogP contribution in [0.4, 0.5) is 5.82 Å². The van der Waals surface area contributed by atoms with E-state index in [9.17, 15) is 5.11 Å². The number of rotatable bonds is 2. The number of aliphatic hydroxyl groups is 1. The minimum atomic E-state index is -0.304. The molecule has 4 nitrogen and oxygen atoms in total. The number of pyridine rings is 1. The summed E-state index contributed by atoms with van der Waals surface area (Å²) in [4.78, 5) is 4.14. The fraction of sp³-hybridized carbons (Fsp3) is 0.500. The number of anilines is 1. The van der Waals surface area contributed by atoms with Gasteiger partial charge in [-0.2, -0.15) is 5.26 Å². The van der Waals surface area contributed by atoms with Crippen molar-refractivity contribution in [2.45, 2.75) is 37.8 Å². The Labute approximate surface area is 94.9 Å². The molecule has 2 N–H and O–H groups in total. The summed E-state index contributed by atoms with van der Waals surface area (Å²) in [5.74, 6) is 0.671. The van der Waals surface area contributed by atoms with Gasteiger partial charge in [0.2, 0.25) is 0 Å². The van der Waals surface area contributed by atoms with Gasteiger partial charge < -0.3 is 10.4 Å². The fourth-order valence-electron chi connectivity index (χ4n) is 2.05. The van der Waals surface area contributed by atoms with Crippen LogP contribution < -0.4 is 5.32 Å². The Hall–Kier alpha value is -1.60. The Kier molecular flexibility index (Phi) is 3.37. The zero-order chi connectivity index (χ0) is 11.4. The molecule has 1 aliphatic rings. The summed E-state index contributed by atoms with van der Waals surface area (Å²) >= 11 is 0. The van der Waals surface area contributed by atoms with Crippen LogP contribution in [0.15, 0.2) is 18.3 Å². The highest BCUT2D eigenvalue weighted by molar-refractivity contribution is 5.43. The van der Waals surface area contributed by atoms with Crippen molar-refractivity contribution in [3.63, 3.8) is 0 Å². The van der Waals surface area contributed by atoms with Gasteiger partial charge in [-0.05, 0) is 25.0 Å². The van der Waals surface area contributed by atoms with Gasteiger partial charge in [-0.15, -0.1) is 0 Å². The van der Waals surface area contributed by atoms with Crippen LogP contribution in [0.3, 0.4) is 0 Å². The Morgan fingerprint density at radius 2 is 2.25 bits per heavy atom. The van der Waals surface area contributed by atoms with Crippen LogP contribution >= 0.6 is 0 Å². The maximum Gasteiger partial charge on any atom is 0.127 e. The highest BCUT2D eigenvalue weighted by Crippen LogP contribution is 2.21. The number of hydrogen-bond acceptors (Lipinski definition) is 4. The van der Waals surface area contributed by atoms with Crippen LogP contribution in [-0.4, -0.2) is 22.2 Å². The third-order valence-corrected chi connectivity index (χ3v) is 2.95. The summed E-state index contributed by atoms with van der Waals surface area (Å²) in [6.07, 6.45) is 5.32. The standard InChI is InChI=1S/C12H15N3O/c13-8-9-5-6-14-12(7-9)15-10-3-1-2-4-11(10)16/h5-7,10-11,16H,1-4H2,(H,14,15). The van der Waals surface area contributed by atoms with Gasteiger partial charge >= 0.3 is 0 Å². The third kappa shape index (κ3) is 2.50. The molecule has 1 aromatic heterocycles. The van der Waals surface area contributed by atoms with Gasteiger partial charge in [0.25, 0.3) is 0 Å². The van der Waals surface area contributed by atoms with Crippen LogP contribution in [-0.2, 0) is 0 Å². The lowest BCUT2D eigenvalue weighted by Gasteiger charge is -2.28. The van der Waals surface area contributed by atoms with Gasteiger partial charge in [0.15, 0.2) is 0 Å². The van der Waals surface area contributed by atoms with E-state index in [0.717, 1.165) is 25.7 Å². The van der Waals surface area contributed by atoms with Crippen LogP contribution in [0, 0.1) is 11.3 Å². The molecular formula is C12H15N3O. The van der Waals surface area contributed by atoms with Gasteiger partial charge in [-0.25, -0.2) is 4.98 Å². The van der Waals surface area contributed by atoms with Crippen molar-refractivity contribution >= 4 is 5.82 Å². The molecule has 4 heteroatoms. The molecule has 0 radical (unpaired) electrons. The normalized spacial score (nSPS) is 24.8. The molecule has 84 valence electrons. The van der Waals surface area contributed by atoms with E-state index in [2.05, 4.69) is 16.4 Å². The van der Waals surface area contributed by atoms with Gasteiger partial charge in [-0.1, -0.05) is 12.8 Å². The second-order valence-corrected chi connectivity index (χ2v) is 4.14. The van der Waals surface area contributed by atoms with Crippen LogP contribution in [0.1, 0.15) is 31.2 Å². The number of nitriles is 1. The quantitative estimate of drug-likeness (QED) is 0.790. The maximum absolute atomic E-state index is 9.80. The largest absolute Gasteiger partial charge is 0.391 e. The van der Waals surface area contributed by atoms with Crippen LogP contribution in [0.5, 0.6) is 0 Å². The molecule has 0 aliphatic heterocycles. The molecule has 1 fully saturated rings. The van der Waals surface area contributed by atoms with Crippen molar-refractivity contribution in [1.29, 1.82) is 5.26 Å². The van der Waals surface area contributed by atoms with E-state index in [4.69, 9.17) is 5.26 Å². The molecule has 2 atom stereocenters. The van der Waals surface area contributed by atoms with Crippen molar-refractivity contribution in [2.75, 3.05) is 5.32 Å². The number of aromatic nitrogens is 1. The van der Waals surface area contributed by atoms with Crippen molar-refractivity contribution in [1.82, 2.24) is 4.98 Å². The van der Waals surface area contributed by atoms with E-state index in [1.807, 2.05) is 0 Å². The smallest absolute Gasteiger partial charge is 0.127 e. The number of nitrogens with one attached hydrogen (secondary N) is 1. The summed E-state index contributed by atoms with van der Waals surface area (Å²) in [5.41, 5.74) is 0.586. The molecule has 0 bridgehead atoms. The van der Waals surface area contributed by atoms with Crippen molar-refractivity contribution < 1.29 is 5.11 Å². The Morgan fingerprint density at radius 3 is 3.00 bits per heavy atom. The van der Waals surface area contributed by atoms with E-state index >= 15 is 0 Å². The first-order valence-electron chi connectivity index (χ1n) is 5.60. The van der Waals surface area contributed by atoms with Gasteiger partial charge in [0.1, 0.15) is 5.82 Å². The Bertz CT molecular complexity index is 399. The summed E-state index contributed by atoms with van der Waals surface area (Å²) < 4.78 is 0. The second-order valence-electron chi connectivity index (χ2n) is 4.14. The van der Waals surface area contributed by atoms with E-state index in [0.29, 0.717) is 11.4 Å². The lowest BCUT2D eigenvalue weighted by molar-refractivity contribution is 0.116. The molecular weight excluding hydrogens is 202 g/mol. The highest BCUT2D eigenvalue weighted by atomic mass is 16.3. The minimum Gasteiger partial charge on any atom is -0.391 e. The lowest BCUT2D eigenvalue weighted by Crippen LogP contribution is -2.36. The second kappa shape index (κ2) is 4.95. The maximum atomic E-state index is 9.80. The van der Waals surface area contributed by atoms with Gasteiger partial charge in [-0.3, -0.25) is 0 Å². The number of aliphatic hydroxyl groups excluding tert-OH is 1. The highest BCUT2D eigenvalue weighted by Gasteiger charge is 2.22. The fourth-order valence-corrected chi connectivity index (χ4v) is 2.05. The Balaban J connectivity index is 2.05. The molecule has 1 saturated carbocycles. The lowest BCUT2D eigenvalue weighted by atomic mass is 9.92. The SMILES string of the molecule is N#Cc1ccnc(NC2CCCCC2O)c1. The van der Waals surface area contributed by atoms with Crippen molar-refractivity contribution in [3.8, 4) is 6.07 Å². The summed E-state index contributed by atoms with van der Waals surface area (Å²) in [6, 6.07) is 5.52. The molecule has 16 heavy (non-hydrogen) atoms. The summed E-state index contributed by atoms with van der Waals surface area (Å²) in [5, 5.41) is 21.8. The van der Waals surface area contributed by atoms with E-state index in [1.165, 1.54) is 0 Å². The monoisotopic (exact) mass is 217 g/mol. The van der Waals surface area contributed by atoms with Gasteiger partial charge in [0, 0.05) is 6.20 Å². The molecule has 0 saturated heterocycles. The minimum absolute atomic E-state index is 0.0650. The molecule has 1 heterocycles. The topological polar surface area (TPSA) is 68.9 Å². The molecule has 2 rings (SSSR count). The molecule has 1 aliphatic carbocycles. The first kappa shape index (κ1) is 10.9. The van der Waals surface area contributed by atoms with Crippen molar-refractivity contribution in [2.24, 2.45) is 0 Å². The summed E-state index contributed by atoms with van der Waals surface area (Å²) in [6.45, 7) is 0. The molecule has 0 aromatic carbocycles. The molecule has 2 unspecified atom stereocenters. The summed E-state index contributed by atoms with van der Waals surface area (Å²) in [7, 11) is 0. The zero-order valence-corrected chi connectivity index (χ0v) is 9.06. The van der Waals surface area contributed by atoms with E-state index in [-0.39, 0.29) is 12.1 Å². The molecule has 1 aromatic rings. The third-order valence-electron chi connectivity index (χ3n) is 2.95. The van der Waals surface area contributed by atoms with E-state index < -0.39 is 0 Å². The van der Waals surface area contributed by atoms with Crippen molar-refractivity contribution in [3.05, 3.63) is 23.9 Å². The number of nitrogens with zero attached hydrogens (tertiary/aromatic N) is 2. The van der Waals surface area contributed by atoms with Gasteiger partial charge in [0.05, 0.1) is 23.8 Å². The first-order valence-corrected chi connectivity index (χ1v) is 5.60. The number of hydrogen-bond donors (Lipinski definition) is 2. The Morgan fingerprint density at radius 1 is 1.44 bits per heavy atom. The van der Waals surface area contributed by atoms with Crippen LogP contribution in [0.2, 0.25) is 0 Å². The average molecular weight is 217 g/mol. The van der Waals surface area contributed by atoms with E-state index in [1.54, 1.807) is 18.3 Å². The predicted octanol–water partition coefficient (Wildman–Crippen LogP) is 1.67. The molecule has 0 spiro atoms.